The second-order valence-corrected chi connectivity index (χ2v) is 5.16. The zero-order valence-electron chi connectivity index (χ0n) is 14.4. The summed E-state index contributed by atoms with van der Waals surface area (Å²) in [7, 11) is 0. The molecule has 0 spiro atoms. The van der Waals surface area contributed by atoms with Gasteiger partial charge in [-0.3, -0.25) is 0 Å². The number of benzene rings is 2. The van der Waals surface area contributed by atoms with Crippen LogP contribution in [0.4, 0.5) is 17.1 Å². The lowest BCUT2D eigenvalue weighted by Crippen LogP contribution is -2.21. The van der Waals surface area contributed by atoms with E-state index in [0.29, 0.717) is 17.9 Å². The smallest absolute Gasteiger partial charge is 0.338 e. The summed E-state index contributed by atoms with van der Waals surface area (Å²) in [5.74, 6) is -0.326. The molecule has 0 aliphatic carbocycles. The van der Waals surface area contributed by atoms with E-state index in [9.17, 15) is 4.79 Å². The van der Waals surface area contributed by atoms with E-state index in [1.54, 1.807) is 31.2 Å². The fraction of sp³-hybridized carbons (Fsp3) is 0.316. The monoisotopic (exact) mass is 325 g/mol. The van der Waals surface area contributed by atoms with Crippen LogP contribution in [0.15, 0.2) is 58.8 Å². The third-order valence-electron chi connectivity index (χ3n) is 3.64. The largest absolute Gasteiger partial charge is 0.462 e. The molecule has 24 heavy (non-hydrogen) atoms. The van der Waals surface area contributed by atoms with E-state index in [2.05, 4.69) is 29.0 Å². The molecule has 126 valence electrons. The Morgan fingerprint density at radius 2 is 1.38 bits per heavy atom. The average molecular weight is 325 g/mol. The number of nitrogens with zero attached hydrogens (tertiary/aromatic N) is 3. The van der Waals surface area contributed by atoms with Crippen molar-refractivity contribution >= 4 is 23.0 Å². The summed E-state index contributed by atoms with van der Waals surface area (Å²) in [6.45, 7) is 8.37. The van der Waals surface area contributed by atoms with Crippen LogP contribution in [0.2, 0.25) is 0 Å². The molecule has 0 fully saturated rings. The van der Waals surface area contributed by atoms with Gasteiger partial charge in [0, 0.05) is 18.8 Å². The Labute approximate surface area is 143 Å². The Bertz CT molecular complexity index is 675. The standard InChI is InChI=1S/C19H23N3O2/c1-4-22(5-2)18-13-11-17(12-14-18)21-20-16-9-7-15(8-10-16)19(23)24-6-3/h7-14H,4-6H2,1-3H3. The lowest BCUT2D eigenvalue weighted by molar-refractivity contribution is 0.0526. The normalized spacial score (nSPS) is 10.8. The highest BCUT2D eigenvalue weighted by atomic mass is 16.5. The Balaban J connectivity index is 2.04. The highest BCUT2D eigenvalue weighted by molar-refractivity contribution is 5.89. The number of hydrogen-bond donors (Lipinski definition) is 0. The molecule has 0 saturated heterocycles. The Morgan fingerprint density at radius 1 is 0.875 bits per heavy atom. The van der Waals surface area contributed by atoms with Crippen molar-refractivity contribution in [1.82, 2.24) is 0 Å². The SMILES string of the molecule is CCOC(=O)c1ccc(N=Nc2ccc(N(CC)CC)cc2)cc1. The summed E-state index contributed by atoms with van der Waals surface area (Å²) >= 11 is 0. The van der Waals surface area contributed by atoms with E-state index in [-0.39, 0.29) is 5.97 Å². The van der Waals surface area contributed by atoms with Gasteiger partial charge in [0.15, 0.2) is 0 Å². The average Bonchev–Trinajstić information content (AvgIpc) is 2.63. The Morgan fingerprint density at radius 3 is 1.83 bits per heavy atom. The van der Waals surface area contributed by atoms with Crippen molar-refractivity contribution in [2.75, 3.05) is 24.6 Å². The molecule has 0 radical (unpaired) electrons. The van der Waals surface area contributed by atoms with Gasteiger partial charge in [0.2, 0.25) is 0 Å². The molecule has 0 aromatic heterocycles. The van der Waals surface area contributed by atoms with E-state index < -0.39 is 0 Å². The van der Waals surface area contributed by atoms with E-state index >= 15 is 0 Å². The van der Waals surface area contributed by atoms with Crippen molar-refractivity contribution in [1.29, 1.82) is 0 Å². The Hall–Kier alpha value is -2.69. The molecule has 0 saturated carbocycles. The first-order chi connectivity index (χ1) is 11.7. The van der Waals surface area contributed by atoms with Crippen molar-refractivity contribution in [3.63, 3.8) is 0 Å². The molecule has 0 unspecified atom stereocenters. The molecule has 0 aliphatic rings. The fourth-order valence-electron chi connectivity index (χ4n) is 2.31. The minimum absolute atomic E-state index is 0.326. The number of carbonyl (C=O) groups is 1. The van der Waals surface area contributed by atoms with Gasteiger partial charge in [0.05, 0.1) is 23.5 Å². The lowest BCUT2D eigenvalue weighted by atomic mass is 10.2. The highest BCUT2D eigenvalue weighted by Crippen LogP contribution is 2.22. The van der Waals surface area contributed by atoms with Gasteiger partial charge < -0.3 is 9.64 Å². The van der Waals surface area contributed by atoms with Crippen LogP contribution in [0.5, 0.6) is 0 Å². The number of anilines is 1. The third-order valence-corrected chi connectivity index (χ3v) is 3.64. The maximum atomic E-state index is 11.6. The van der Waals surface area contributed by atoms with Crippen LogP contribution >= 0.6 is 0 Å². The molecule has 0 heterocycles. The van der Waals surface area contributed by atoms with Crippen LogP contribution in [-0.2, 0) is 4.74 Å². The summed E-state index contributed by atoms with van der Waals surface area (Å²) in [6.07, 6.45) is 0. The first-order valence-corrected chi connectivity index (χ1v) is 8.21. The van der Waals surface area contributed by atoms with Gasteiger partial charge in [-0.25, -0.2) is 4.79 Å². The van der Waals surface area contributed by atoms with Crippen molar-refractivity contribution < 1.29 is 9.53 Å². The summed E-state index contributed by atoms with van der Waals surface area (Å²) in [4.78, 5) is 13.9. The quantitative estimate of drug-likeness (QED) is 0.524. The van der Waals surface area contributed by atoms with E-state index in [4.69, 9.17) is 4.74 Å². The van der Waals surface area contributed by atoms with Crippen LogP contribution in [0.3, 0.4) is 0 Å². The van der Waals surface area contributed by atoms with Crippen molar-refractivity contribution in [2.45, 2.75) is 20.8 Å². The maximum Gasteiger partial charge on any atom is 0.338 e. The van der Waals surface area contributed by atoms with Gasteiger partial charge in [-0.15, -0.1) is 0 Å². The number of esters is 1. The fourth-order valence-corrected chi connectivity index (χ4v) is 2.31. The van der Waals surface area contributed by atoms with E-state index in [0.717, 1.165) is 18.8 Å². The molecule has 0 aliphatic heterocycles. The molecule has 5 nitrogen and oxygen atoms in total. The number of hydrogen-bond acceptors (Lipinski definition) is 5. The predicted octanol–water partition coefficient (Wildman–Crippen LogP) is 5.12. The van der Waals surface area contributed by atoms with Crippen LogP contribution in [-0.4, -0.2) is 25.7 Å². The first-order valence-electron chi connectivity index (χ1n) is 8.21. The lowest BCUT2D eigenvalue weighted by Gasteiger charge is -2.20. The molecule has 0 bridgehead atoms. The van der Waals surface area contributed by atoms with E-state index in [1.807, 2.05) is 24.3 Å². The molecule has 5 heteroatoms. The first kappa shape index (κ1) is 17.7. The zero-order valence-corrected chi connectivity index (χ0v) is 14.4. The number of carbonyl (C=O) groups excluding carboxylic acids is 1. The summed E-state index contributed by atoms with van der Waals surface area (Å²) < 4.78 is 4.95. The van der Waals surface area contributed by atoms with Gasteiger partial charge in [-0.2, -0.15) is 10.2 Å². The zero-order chi connectivity index (χ0) is 17.4. The minimum atomic E-state index is -0.326. The van der Waals surface area contributed by atoms with Gasteiger partial charge in [-0.05, 0) is 69.3 Å². The molecule has 2 aromatic rings. The van der Waals surface area contributed by atoms with Crippen LogP contribution in [0.1, 0.15) is 31.1 Å². The van der Waals surface area contributed by atoms with Gasteiger partial charge in [0.25, 0.3) is 0 Å². The van der Waals surface area contributed by atoms with E-state index in [1.165, 1.54) is 5.69 Å². The topological polar surface area (TPSA) is 54.3 Å². The minimum Gasteiger partial charge on any atom is -0.462 e. The van der Waals surface area contributed by atoms with Crippen LogP contribution in [0, 0.1) is 0 Å². The summed E-state index contributed by atoms with van der Waals surface area (Å²) in [6, 6.07) is 14.9. The van der Waals surface area contributed by atoms with Crippen LogP contribution in [0.25, 0.3) is 0 Å². The number of azo groups is 1. The molecule has 2 rings (SSSR count). The van der Waals surface area contributed by atoms with Crippen LogP contribution < -0.4 is 4.90 Å². The maximum absolute atomic E-state index is 11.6. The molecule has 0 atom stereocenters. The van der Waals surface area contributed by atoms with Gasteiger partial charge in [-0.1, -0.05) is 0 Å². The third kappa shape index (κ3) is 4.65. The molecule has 0 amide bonds. The number of ether oxygens (including phenoxy) is 1. The molecule has 0 N–H and O–H groups in total. The van der Waals surface area contributed by atoms with Crippen molar-refractivity contribution in [3.05, 3.63) is 54.1 Å². The summed E-state index contributed by atoms with van der Waals surface area (Å²) in [5, 5.41) is 8.43. The van der Waals surface area contributed by atoms with Gasteiger partial charge >= 0.3 is 5.97 Å². The van der Waals surface area contributed by atoms with Gasteiger partial charge in [0.1, 0.15) is 0 Å². The molecular formula is C19H23N3O2. The molecule has 2 aromatic carbocycles. The van der Waals surface area contributed by atoms with Crippen molar-refractivity contribution in [2.24, 2.45) is 10.2 Å². The second kappa shape index (κ2) is 8.82. The molecular weight excluding hydrogens is 302 g/mol. The number of rotatable bonds is 7. The Kier molecular flexibility index (Phi) is 6.49. The summed E-state index contributed by atoms with van der Waals surface area (Å²) in [5.41, 5.74) is 3.17. The van der Waals surface area contributed by atoms with Crippen molar-refractivity contribution in [3.8, 4) is 0 Å². The predicted molar refractivity (Wildman–Crippen MR) is 96.6 cm³/mol. The second-order valence-electron chi connectivity index (χ2n) is 5.16. The highest BCUT2D eigenvalue weighted by Gasteiger charge is 2.05.